The molecule has 0 aromatic heterocycles. The van der Waals surface area contributed by atoms with E-state index in [4.69, 9.17) is 0 Å². The first-order valence-corrected chi connectivity index (χ1v) is 5.18. The van der Waals surface area contributed by atoms with Crippen molar-refractivity contribution in [3.63, 3.8) is 0 Å². The third-order valence-corrected chi connectivity index (χ3v) is 2.79. The first kappa shape index (κ1) is 10.1. The lowest BCUT2D eigenvalue weighted by Crippen LogP contribution is -2.34. The molecule has 2 aliphatic rings. The van der Waals surface area contributed by atoms with E-state index in [1.54, 1.807) is 4.90 Å². The fraction of sp³-hybridized carbons (Fsp3) is 0.500. The largest absolute Gasteiger partial charge is 0.272 e. The average Bonchev–Trinajstić information content (AvgIpc) is 2.46. The van der Waals surface area contributed by atoms with Gasteiger partial charge in [-0.1, -0.05) is 26.8 Å². The number of hydrogen-bond donors (Lipinski definition) is 0. The summed E-state index contributed by atoms with van der Waals surface area (Å²) in [5, 5.41) is 0. The van der Waals surface area contributed by atoms with Crippen molar-refractivity contribution in [1.29, 1.82) is 0 Å². The van der Waals surface area contributed by atoms with E-state index in [0.29, 0.717) is 0 Å². The molecule has 2 heterocycles. The number of aliphatic imine (C=N–C) groups is 1. The van der Waals surface area contributed by atoms with Gasteiger partial charge in [-0.2, -0.15) is 0 Å². The lowest BCUT2D eigenvalue weighted by molar-refractivity contribution is -0.123. The molecule has 2 aliphatic heterocycles. The first-order valence-electron chi connectivity index (χ1n) is 5.18. The van der Waals surface area contributed by atoms with E-state index >= 15 is 0 Å². The number of carbonyl (C=O) groups is 1. The highest BCUT2D eigenvalue weighted by Crippen LogP contribution is 2.34. The van der Waals surface area contributed by atoms with Gasteiger partial charge in [-0.3, -0.25) is 14.7 Å². The number of allylic oxidation sites excluding steroid dienone is 3. The molecule has 15 heavy (non-hydrogen) atoms. The summed E-state index contributed by atoms with van der Waals surface area (Å²) in [5.74, 6) is 0.860. The number of fused-ring (bicyclic) bond motifs is 1. The summed E-state index contributed by atoms with van der Waals surface area (Å²) in [5.41, 5.74) is 2.29. The molecule has 0 fully saturated rings. The van der Waals surface area contributed by atoms with Crippen LogP contribution >= 0.6 is 0 Å². The van der Waals surface area contributed by atoms with Crippen molar-refractivity contribution in [2.24, 2.45) is 10.4 Å². The molecule has 0 bridgehead atoms. The van der Waals surface area contributed by atoms with Crippen LogP contribution in [0.1, 0.15) is 27.7 Å². The van der Waals surface area contributed by atoms with Crippen LogP contribution in [-0.4, -0.2) is 23.2 Å². The summed E-state index contributed by atoms with van der Waals surface area (Å²) in [4.78, 5) is 17.5. The number of nitrogens with zero attached hydrogens (tertiary/aromatic N) is 2. The fourth-order valence-electron chi connectivity index (χ4n) is 2.10. The molecule has 0 saturated carbocycles. The molecule has 0 aromatic carbocycles. The van der Waals surface area contributed by atoms with Crippen LogP contribution < -0.4 is 0 Å². The number of amidine groups is 1. The predicted molar refractivity (Wildman–Crippen MR) is 60.4 cm³/mol. The maximum Gasteiger partial charge on any atom is 0.254 e. The van der Waals surface area contributed by atoms with Crippen LogP contribution in [-0.2, 0) is 4.79 Å². The van der Waals surface area contributed by atoms with Gasteiger partial charge in [-0.25, -0.2) is 0 Å². The van der Waals surface area contributed by atoms with E-state index in [-0.39, 0.29) is 17.9 Å². The zero-order valence-corrected chi connectivity index (χ0v) is 9.66. The number of carbonyl (C=O) groups excluding carboxylic acids is 1. The van der Waals surface area contributed by atoms with Gasteiger partial charge in [-0.15, -0.1) is 0 Å². The molecule has 0 saturated heterocycles. The highest BCUT2D eigenvalue weighted by molar-refractivity contribution is 6.11. The summed E-state index contributed by atoms with van der Waals surface area (Å²) in [6.07, 6.45) is 4.00. The standard InChI is InChI=1S/C12H16N2O/c1-8-9(12(2,3)4)5-6-10-13-7-11(15)14(8)10/h5-6H,7H2,1-4H3. The second-order valence-corrected chi connectivity index (χ2v) is 4.99. The van der Waals surface area contributed by atoms with Crippen LogP contribution in [0, 0.1) is 5.41 Å². The molecule has 0 unspecified atom stereocenters. The monoisotopic (exact) mass is 204 g/mol. The molecule has 0 N–H and O–H groups in total. The van der Waals surface area contributed by atoms with E-state index in [0.717, 1.165) is 11.5 Å². The minimum atomic E-state index is 0.0645. The summed E-state index contributed by atoms with van der Waals surface area (Å²) >= 11 is 0. The van der Waals surface area contributed by atoms with Gasteiger partial charge in [0, 0.05) is 5.70 Å². The number of hydrogen-bond acceptors (Lipinski definition) is 2. The van der Waals surface area contributed by atoms with Gasteiger partial charge in [0.25, 0.3) is 5.91 Å². The van der Waals surface area contributed by atoms with Gasteiger partial charge in [-0.05, 0) is 24.0 Å². The van der Waals surface area contributed by atoms with Crippen molar-refractivity contribution >= 4 is 11.7 Å². The zero-order valence-electron chi connectivity index (χ0n) is 9.66. The van der Waals surface area contributed by atoms with Gasteiger partial charge in [0.2, 0.25) is 0 Å². The van der Waals surface area contributed by atoms with Crippen LogP contribution in [0.25, 0.3) is 0 Å². The minimum absolute atomic E-state index is 0.0645. The van der Waals surface area contributed by atoms with Crippen LogP contribution in [0.3, 0.4) is 0 Å². The summed E-state index contributed by atoms with van der Waals surface area (Å²) in [6, 6.07) is 0. The average molecular weight is 204 g/mol. The van der Waals surface area contributed by atoms with Gasteiger partial charge < -0.3 is 0 Å². The van der Waals surface area contributed by atoms with Crippen LogP contribution in [0.5, 0.6) is 0 Å². The van der Waals surface area contributed by atoms with E-state index in [1.807, 2.05) is 13.0 Å². The van der Waals surface area contributed by atoms with Crippen molar-refractivity contribution < 1.29 is 4.79 Å². The Bertz CT molecular complexity index is 408. The topological polar surface area (TPSA) is 32.7 Å². The van der Waals surface area contributed by atoms with E-state index in [1.165, 1.54) is 5.57 Å². The minimum Gasteiger partial charge on any atom is -0.272 e. The molecule has 3 nitrogen and oxygen atoms in total. The molecule has 0 aliphatic carbocycles. The zero-order chi connectivity index (χ0) is 11.2. The molecule has 0 atom stereocenters. The highest BCUT2D eigenvalue weighted by Gasteiger charge is 2.31. The van der Waals surface area contributed by atoms with Crippen molar-refractivity contribution in [2.45, 2.75) is 27.7 Å². The van der Waals surface area contributed by atoms with Crippen molar-refractivity contribution in [2.75, 3.05) is 6.54 Å². The Morgan fingerprint density at radius 1 is 1.33 bits per heavy atom. The quantitative estimate of drug-likeness (QED) is 0.595. The van der Waals surface area contributed by atoms with Crippen LogP contribution in [0.4, 0.5) is 0 Å². The highest BCUT2D eigenvalue weighted by atomic mass is 16.2. The Kier molecular flexibility index (Phi) is 2.07. The predicted octanol–water partition coefficient (Wildman–Crippen LogP) is 2.12. The third kappa shape index (κ3) is 1.52. The Labute approximate surface area is 90.2 Å². The molecular formula is C12H16N2O. The van der Waals surface area contributed by atoms with Crippen molar-refractivity contribution in [3.05, 3.63) is 23.4 Å². The van der Waals surface area contributed by atoms with Crippen molar-refractivity contribution in [3.8, 4) is 0 Å². The summed E-state index contributed by atoms with van der Waals surface area (Å²) < 4.78 is 0. The van der Waals surface area contributed by atoms with Crippen LogP contribution in [0.15, 0.2) is 28.4 Å². The van der Waals surface area contributed by atoms with Gasteiger partial charge in [0.1, 0.15) is 12.4 Å². The second-order valence-electron chi connectivity index (χ2n) is 4.99. The second kappa shape index (κ2) is 3.05. The van der Waals surface area contributed by atoms with E-state index in [2.05, 4.69) is 31.8 Å². The van der Waals surface area contributed by atoms with E-state index < -0.39 is 0 Å². The first-order chi connectivity index (χ1) is 6.91. The van der Waals surface area contributed by atoms with Crippen molar-refractivity contribution in [1.82, 2.24) is 4.90 Å². The maximum absolute atomic E-state index is 11.6. The molecular weight excluding hydrogens is 188 g/mol. The summed E-state index contributed by atoms with van der Waals surface area (Å²) in [7, 11) is 0. The molecule has 80 valence electrons. The molecule has 0 spiro atoms. The normalized spacial score (nSPS) is 20.9. The number of rotatable bonds is 0. The van der Waals surface area contributed by atoms with Gasteiger partial charge in [0.15, 0.2) is 0 Å². The Morgan fingerprint density at radius 3 is 2.60 bits per heavy atom. The summed E-state index contributed by atoms with van der Waals surface area (Å²) in [6.45, 7) is 8.73. The molecule has 0 radical (unpaired) electrons. The Hall–Kier alpha value is -1.38. The molecule has 0 aromatic rings. The van der Waals surface area contributed by atoms with E-state index in [9.17, 15) is 4.79 Å². The van der Waals surface area contributed by atoms with Gasteiger partial charge >= 0.3 is 0 Å². The smallest absolute Gasteiger partial charge is 0.254 e. The maximum atomic E-state index is 11.6. The van der Waals surface area contributed by atoms with Gasteiger partial charge in [0.05, 0.1) is 0 Å². The van der Waals surface area contributed by atoms with Crippen LogP contribution in [0.2, 0.25) is 0 Å². The molecule has 1 amide bonds. The lowest BCUT2D eigenvalue weighted by atomic mass is 9.83. The molecule has 3 heteroatoms. The number of amides is 1. The third-order valence-electron chi connectivity index (χ3n) is 2.79. The lowest BCUT2D eigenvalue weighted by Gasteiger charge is -2.30. The molecule has 2 rings (SSSR count). The Balaban J connectivity index is 2.48. The Morgan fingerprint density at radius 2 is 2.00 bits per heavy atom. The fourth-order valence-corrected chi connectivity index (χ4v) is 2.10. The SMILES string of the molecule is CC1=C(C(C)(C)C)C=CC2=NCC(=O)N21.